The van der Waals surface area contributed by atoms with Crippen molar-refractivity contribution in [3.05, 3.63) is 33.9 Å². The SMILES string of the molecule is CCCC1CCN(c2ccc([N+](=O)[O-])c(C=O)c2)CC1. The van der Waals surface area contributed by atoms with Crippen LogP contribution in [0.1, 0.15) is 43.0 Å². The first-order chi connectivity index (χ1) is 9.65. The Hall–Kier alpha value is -1.91. The fourth-order valence-corrected chi connectivity index (χ4v) is 2.89. The van der Waals surface area contributed by atoms with Crippen LogP contribution in [0.3, 0.4) is 0 Å². The van der Waals surface area contributed by atoms with Gasteiger partial charge in [-0.25, -0.2) is 0 Å². The first-order valence-corrected chi connectivity index (χ1v) is 7.14. The molecule has 5 nitrogen and oxygen atoms in total. The first-order valence-electron chi connectivity index (χ1n) is 7.14. The van der Waals surface area contributed by atoms with Gasteiger partial charge in [0.15, 0.2) is 6.29 Å². The average molecular weight is 276 g/mol. The molecule has 1 aromatic rings. The fraction of sp³-hybridized carbons (Fsp3) is 0.533. The van der Waals surface area contributed by atoms with Crippen LogP contribution in [0.2, 0.25) is 0 Å². The summed E-state index contributed by atoms with van der Waals surface area (Å²) < 4.78 is 0. The third-order valence-electron chi connectivity index (χ3n) is 4.01. The quantitative estimate of drug-likeness (QED) is 0.469. The van der Waals surface area contributed by atoms with Gasteiger partial charge in [0.05, 0.1) is 10.5 Å². The predicted molar refractivity (Wildman–Crippen MR) is 78.3 cm³/mol. The van der Waals surface area contributed by atoms with Crippen molar-refractivity contribution in [3.8, 4) is 0 Å². The van der Waals surface area contributed by atoms with Crippen LogP contribution < -0.4 is 4.90 Å². The second kappa shape index (κ2) is 6.50. The smallest absolute Gasteiger partial charge is 0.280 e. The summed E-state index contributed by atoms with van der Waals surface area (Å²) in [5.74, 6) is 0.792. The molecule has 20 heavy (non-hydrogen) atoms. The lowest BCUT2D eigenvalue weighted by molar-refractivity contribution is -0.385. The summed E-state index contributed by atoms with van der Waals surface area (Å²) in [5, 5.41) is 10.8. The van der Waals surface area contributed by atoms with E-state index in [-0.39, 0.29) is 11.3 Å². The van der Waals surface area contributed by atoms with Gasteiger partial charge in [0, 0.05) is 24.8 Å². The number of hydrogen-bond donors (Lipinski definition) is 0. The van der Waals surface area contributed by atoms with Gasteiger partial charge < -0.3 is 4.90 Å². The number of anilines is 1. The molecule has 1 saturated heterocycles. The molecule has 0 saturated carbocycles. The third kappa shape index (κ3) is 3.15. The van der Waals surface area contributed by atoms with Crippen molar-refractivity contribution in [2.24, 2.45) is 5.92 Å². The van der Waals surface area contributed by atoms with Crippen molar-refractivity contribution in [3.63, 3.8) is 0 Å². The molecule has 1 heterocycles. The molecule has 1 aromatic carbocycles. The maximum Gasteiger partial charge on any atom is 0.280 e. The first kappa shape index (κ1) is 14.5. The monoisotopic (exact) mass is 276 g/mol. The number of carbonyl (C=O) groups is 1. The highest BCUT2D eigenvalue weighted by Crippen LogP contribution is 2.28. The van der Waals surface area contributed by atoms with E-state index in [1.54, 1.807) is 12.1 Å². The van der Waals surface area contributed by atoms with Crippen LogP contribution in [-0.2, 0) is 0 Å². The zero-order valence-corrected chi connectivity index (χ0v) is 11.7. The zero-order chi connectivity index (χ0) is 14.5. The van der Waals surface area contributed by atoms with E-state index in [2.05, 4.69) is 11.8 Å². The average Bonchev–Trinajstić information content (AvgIpc) is 2.47. The summed E-state index contributed by atoms with van der Waals surface area (Å²) in [6.07, 6.45) is 5.36. The summed E-state index contributed by atoms with van der Waals surface area (Å²) in [4.78, 5) is 23.5. The number of aldehydes is 1. The number of benzene rings is 1. The van der Waals surface area contributed by atoms with E-state index in [4.69, 9.17) is 0 Å². The van der Waals surface area contributed by atoms with Crippen LogP contribution in [0.25, 0.3) is 0 Å². The number of rotatable bonds is 5. The third-order valence-corrected chi connectivity index (χ3v) is 4.01. The van der Waals surface area contributed by atoms with Crippen molar-refractivity contribution in [1.29, 1.82) is 0 Å². The summed E-state index contributed by atoms with van der Waals surface area (Å²) >= 11 is 0. The molecule has 1 aliphatic rings. The number of piperidine rings is 1. The van der Waals surface area contributed by atoms with Gasteiger partial charge in [-0.2, -0.15) is 0 Å². The van der Waals surface area contributed by atoms with Gasteiger partial charge in [-0.3, -0.25) is 14.9 Å². The van der Waals surface area contributed by atoms with Crippen LogP contribution >= 0.6 is 0 Å². The van der Waals surface area contributed by atoms with Gasteiger partial charge in [0.2, 0.25) is 0 Å². The molecule has 0 atom stereocenters. The van der Waals surface area contributed by atoms with Crippen LogP contribution in [0.4, 0.5) is 11.4 Å². The van der Waals surface area contributed by atoms with Gasteiger partial charge in [0.1, 0.15) is 0 Å². The molecule has 0 bridgehead atoms. The van der Waals surface area contributed by atoms with Crippen molar-refractivity contribution in [2.45, 2.75) is 32.6 Å². The lowest BCUT2D eigenvalue weighted by Crippen LogP contribution is -2.33. The van der Waals surface area contributed by atoms with Crippen LogP contribution in [0, 0.1) is 16.0 Å². The highest BCUT2D eigenvalue weighted by molar-refractivity contribution is 5.83. The summed E-state index contributed by atoms with van der Waals surface area (Å²) in [5.41, 5.74) is 0.945. The Morgan fingerprint density at radius 2 is 2.10 bits per heavy atom. The van der Waals surface area contributed by atoms with Crippen LogP contribution in [0.5, 0.6) is 0 Å². The molecule has 2 rings (SSSR count). The fourth-order valence-electron chi connectivity index (χ4n) is 2.89. The van der Waals surface area contributed by atoms with E-state index in [1.165, 1.54) is 18.9 Å². The van der Waals surface area contributed by atoms with Gasteiger partial charge in [-0.15, -0.1) is 0 Å². The second-order valence-electron chi connectivity index (χ2n) is 5.34. The van der Waals surface area contributed by atoms with Gasteiger partial charge in [-0.05, 0) is 30.9 Å². The number of nitrogens with zero attached hydrogens (tertiary/aromatic N) is 2. The van der Waals surface area contributed by atoms with Gasteiger partial charge >= 0.3 is 0 Å². The molecule has 0 aromatic heterocycles. The highest BCUT2D eigenvalue weighted by atomic mass is 16.6. The molecule has 0 N–H and O–H groups in total. The van der Waals surface area contributed by atoms with E-state index in [9.17, 15) is 14.9 Å². The summed E-state index contributed by atoms with van der Waals surface area (Å²) in [6.45, 7) is 4.13. The molecule has 108 valence electrons. The predicted octanol–water partition coefficient (Wildman–Crippen LogP) is 3.42. The van der Waals surface area contributed by atoms with E-state index >= 15 is 0 Å². The number of nitro benzene ring substituents is 1. The molecule has 5 heteroatoms. The normalized spacial score (nSPS) is 16.1. The molecular weight excluding hydrogens is 256 g/mol. The minimum atomic E-state index is -0.513. The minimum absolute atomic E-state index is 0.121. The molecule has 0 radical (unpaired) electrons. The molecule has 0 unspecified atom stereocenters. The topological polar surface area (TPSA) is 63.4 Å². The number of nitro groups is 1. The van der Waals surface area contributed by atoms with Crippen molar-refractivity contribution in [2.75, 3.05) is 18.0 Å². The summed E-state index contributed by atoms with van der Waals surface area (Å²) in [7, 11) is 0. The molecule has 1 aliphatic heterocycles. The maximum atomic E-state index is 11.0. The van der Waals surface area contributed by atoms with Gasteiger partial charge in [-0.1, -0.05) is 19.8 Å². The summed E-state index contributed by atoms with van der Waals surface area (Å²) in [6, 6.07) is 4.80. The molecule has 0 amide bonds. The second-order valence-corrected chi connectivity index (χ2v) is 5.34. The van der Waals surface area contributed by atoms with Crippen LogP contribution in [-0.4, -0.2) is 24.3 Å². The Morgan fingerprint density at radius 3 is 2.65 bits per heavy atom. The van der Waals surface area contributed by atoms with Crippen molar-refractivity contribution in [1.82, 2.24) is 0 Å². The number of hydrogen-bond acceptors (Lipinski definition) is 4. The van der Waals surface area contributed by atoms with E-state index in [0.29, 0.717) is 6.29 Å². The Labute approximate surface area is 118 Å². The largest absolute Gasteiger partial charge is 0.371 e. The standard InChI is InChI=1S/C15H20N2O3/c1-2-3-12-6-8-16(9-7-12)14-4-5-15(17(19)20)13(10-14)11-18/h4-5,10-12H,2-3,6-9H2,1H3. The van der Waals surface area contributed by atoms with E-state index < -0.39 is 4.92 Å². The highest BCUT2D eigenvalue weighted by Gasteiger charge is 2.21. The Morgan fingerprint density at radius 1 is 1.40 bits per heavy atom. The molecule has 1 fully saturated rings. The van der Waals surface area contributed by atoms with Crippen molar-refractivity contribution >= 4 is 17.7 Å². The van der Waals surface area contributed by atoms with E-state index in [0.717, 1.165) is 37.5 Å². The van der Waals surface area contributed by atoms with E-state index in [1.807, 2.05) is 0 Å². The molecular formula is C15H20N2O3. The molecule has 0 spiro atoms. The van der Waals surface area contributed by atoms with Crippen LogP contribution in [0.15, 0.2) is 18.2 Å². The zero-order valence-electron chi connectivity index (χ0n) is 11.7. The van der Waals surface area contributed by atoms with Gasteiger partial charge in [0.25, 0.3) is 5.69 Å². The van der Waals surface area contributed by atoms with Crippen molar-refractivity contribution < 1.29 is 9.72 Å². The lowest BCUT2D eigenvalue weighted by atomic mass is 9.92. The minimum Gasteiger partial charge on any atom is -0.371 e. The Bertz CT molecular complexity index is 494. The number of carbonyl (C=O) groups excluding carboxylic acids is 1. The Kier molecular flexibility index (Phi) is 4.71. The Balaban J connectivity index is 2.10. The maximum absolute atomic E-state index is 11.0. The molecule has 0 aliphatic carbocycles. The lowest BCUT2D eigenvalue weighted by Gasteiger charge is -2.33.